The molecule has 2 heterocycles. The van der Waals surface area contributed by atoms with E-state index in [2.05, 4.69) is 39.7 Å². The van der Waals surface area contributed by atoms with E-state index in [0.29, 0.717) is 0 Å². The van der Waals surface area contributed by atoms with E-state index in [9.17, 15) is 0 Å². The molecule has 0 unspecified atom stereocenters. The molecule has 1 N–H and O–H groups in total. The van der Waals surface area contributed by atoms with Crippen LogP contribution in [0.25, 0.3) is 10.9 Å². The van der Waals surface area contributed by atoms with Crippen LogP contribution in [-0.2, 0) is 13.1 Å². The van der Waals surface area contributed by atoms with Gasteiger partial charge in [-0.15, -0.1) is 0 Å². The van der Waals surface area contributed by atoms with Gasteiger partial charge in [-0.05, 0) is 17.7 Å². The monoisotopic (exact) mass is 252 g/mol. The minimum absolute atomic E-state index is 0.829. The van der Waals surface area contributed by atoms with E-state index >= 15 is 0 Å². The second-order valence-corrected chi connectivity index (χ2v) is 4.44. The largest absolute Gasteiger partial charge is 0.311 e. The summed E-state index contributed by atoms with van der Waals surface area (Å²) in [6, 6.07) is 12.3. The van der Waals surface area contributed by atoms with Crippen molar-refractivity contribution in [2.45, 2.75) is 13.1 Å². The molecule has 0 aliphatic carbocycles. The Labute approximate surface area is 112 Å². The number of aromatic nitrogens is 3. The summed E-state index contributed by atoms with van der Waals surface area (Å²) in [4.78, 5) is 4.45. The van der Waals surface area contributed by atoms with Crippen LogP contribution in [0.15, 0.2) is 55.0 Å². The number of hydrogen-bond donors (Lipinski definition) is 1. The normalized spacial score (nSPS) is 10.9. The molecule has 2 aromatic heterocycles. The van der Waals surface area contributed by atoms with Crippen molar-refractivity contribution in [3.05, 3.63) is 60.6 Å². The smallest absolute Gasteiger partial charge is 0.0746 e. The predicted molar refractivity (Wildman–Crippen MR) is 75.7 cm³/mol. The summed E-state index contributed by atoms with van der Waals surface area (Å²) in [6.45, 7) is 2.60. The van der Waals surface area contributed by atoms with Gasteiger partial charge in [0.2, 0.25) is 0 Å². The Morgan fingerprint density at radius 3 is 2.89 bits per heavy atom. The summed E-state index contributed by atoms with van der Waals surface area (Å²) in [5.41, 5.74) is 2.31. The van der Waals surface area contributed by atoms with Crippen LogP contribution in [0, 0.1) is 0 Å². The number of hydrogen-bond acceptors (Lipinski definition) is 3. The van der Waals surface area contributed by atoms with Crippen molar-refractivity contribution in [1.82, 2.24) is 20.1 Å². The van der Waals surface area contributed by atoms with Crippen LogP contribution < -0.4 is 5.32 Å². The highest BCUT2D eigenvalue weighted by atomic mass is 15.3. The summed E-state index contributed by atoms with van der Waals surface area (Å²) in [6.07, 6.45) is 5.62. The molecule has 0 atom stereocenters. The molecule has 0 spiro atoms. The summed E-state index contributed by atoms with van der Waals surface area (Å²) in [7, 11) is 0. The zero-order valence-electron chi connectivity index (χ0n) is 10.7. The average Bonchev–Trinajstić information content (AvgIpc) is 2.97. The van der Waals surface area contributed by atoms with Crippen LogP contribution in [0.3, 0.4) is 0 Å². The van der Waals surface area contributed by atoms with E-state index in [1.807, 2.05) is 29.2 Å². The van der Waals surface area contributed by atoms with Crippen molar-refractivity contribution in [2.75, 3.05) is 6.54 Å². The molecule has 96 valence electrons. The van der Waals surface area contributed by atoms with E-state index in [4.69, 9.17) is 0 Å². The molecule has 4 nitrogen and oxygen atoms in total. The second kappa shape index (κ2) is 5.63. The maximum absolute atomic E-state index is 4.45. The Bertz CT molecular complexity index is 641. The third-order valence-corrected chi connectivity index (χ3v) is 3.11. The maximum Gasteiger partial charge on any atom is 0.0746 e. The molecule has 0 aliphatic rings. The van der Waals surface area contributed by atoms with Crippen molar-refractivity contribution < 1.29 is 0 Å². The summed E-state index contributed by atoms with van der Waals surface area (Å²) in [5, 5.41) is 8.80. The lowest BCUT2D eigenvalue weighted by Gasteiger charge is -2.07. The lowest BCUT2D eigenvalue weighted by molar-refractivity contribution is 0.555. The highest BCUT2D eigenvalue weighted by Gasteiger charge is 2.00. The summed E-state index contributed by atoms with van der Waals surface area (Å²) < 4.78 is 1.92. The molecule has 0 radical (unpaired) electrons. The van der Waals surface area contributed by atoms with Crippen LogP contribution in [-0.4, -0.2) is 21.3 Å². The average molecular weight is 252 g/mol. The highest BCUT2D eigenvalue weighted by molar-refractivity contribution is 5.81. The molecule has 0 fully saturated rings. The first-order chi connectivity index (χ1) is 9.43. The minimum atomic E-state index is 0.829. The fourth-order valence-corrected chi connectivity index (χ4v) is 2.16. The van der Waals surface area contributed by atoms with E-state index in [1.54, 1.807) is 6.20 Å². The molecule has 0 saturated carbocycles. The van der Waals surface area contributed by atoms with Crippen molar-refractivity contribution in [3.8, 4) is 0 Å². The van der Waals surface area contributed by atoms with E-state index in [-0.39, 0.29) is 0 Å². The van der Waals surface area contributed by atoms with Crippen molar-refractivity contribution in [2.24, 2.45) is 0 Å². The number of nitrogens with zero attached hydrogens (tertiary/aromatic N) is 3. The first-order valence-electron chi connectivity index (χ1n) is 6.44. The third-order valence-electron chi connectivity index (χ3n) is 3.11. The van der Waals surface area contributed by atoms with Gasteiger partial charge in [0.05, 0.1) is 12.1 Å². The molecule has 4 heteroatoms. The van der Waals surface area contributed by atoms with Crippen LogP contribution in [0.4, 0.5) is 0 Å². The second-order valence-electron chi connectivity index (χ2n) is 4.44. The number of fused-ring (bicyclic) bond motifs is 1. The number of rotatable bonds is 5. The fraction of sp³-hybridized carbons (Fsp3) is 0.200. The van der Waals surface area contributed by atoms with Crippen LogP contribution in [0.2, 0.25) is 0 Å². The molecule has 3 aromatic rings. The quantitative estimate of drug-likeness (QED) is 0.708. The van der Waals surface area contributed by atoms with E-state index in [1.165, 1.54) is 10.9 Å². The Hall–Kier alpha value is -2.20. The fourth-order valence-electron chi connectivity index (χ4n) is 2.16. The topological polar surface area (TPSA) is 42.7 Å². The molecular weight excluding hydrogens is 236 g/mol. The van der Waals surface area contributed by atoms with Crippen LogP contribution >= 0.6 is 0 Å². The van der Waals surface area contributed by atoms with Gasteiger partial charge in [-0.2, -0.15) is 5.10 Å². The number of pyridine rings is 1. The lowest BCUT2D eigenvalue weighted by Crippen LogP contribution is -2.19. The number of para-hydroxylation sites is 1. The first-order valence-corrected chi connectivity index (χ1v) is 6.44. The first kappa shape index (κ1) is 11.9. The molecule has 1 aromatic carbocycles. The third kappa shape index (κ3) is 2.80. The van der Waals surface area contributed by atoms with Crippen molar-refractivity contribution in [1.29, 1.82) is 0 Å². The zero-order valence-corrected chi connectivity index (χ0v) is 10.7. The van der Waals surface area contributed by atoms with Gasteiger partial charge in [-0.1, -0.05) is 24.3 Å². The van der Waals surface area contributed by atoms with Gasteiger partial charge in [0.1, 0.15) is 0 Å². The van der Waals surface area contributed by atoms with Crippen molar-refractivity contribution >= 4 is 10.9 Å². The summed E-state index contributed by atoms with van der Waals surface area (Å²) in [5.74, 6) is 0. The van der Waals surface area contributed by atoms with Gasteiger partial charge >= 0.3 is 0 Å². The number of nitrogens with one attached hydrogen (secondary N) is 1. The maximum atomic E-state index is 4.45. The molecule has 19 heavy (non-hydrogen) atoms. The SMILES string of the molecule is c1cnc2c(CNCCn3cccn3)cccc2c1. The Kier molecular flexibility index (Phi) is 3.51. The van der Waals surface area contributed by atoms with Crippen LogP contribution in [0.1, 0.15) is 5.56 Å². The Balaban J connectivity index is 1.62. The van der Waals surface area contributed by atoms with E-state index < -0.39 is 0 Å². The van der Waals surface area contributed by atoms with Crippen LogP contribution in [0.5, 0.6) is 0 Å². The molecule has 0 aliphatic heterocycles. The van der Waals surface area contributed by atoms with Gasteiger partial charge in [0.15, 0.2) is 0 Å². The Morgan fingerprint density at radius 2 is 2.00 bits per heavy atom. The lowest BCUT2D eigenvalue weighted by atomic mass is 10.1. The van der Waals surface area contributed by atoms with Gasteiger partial charge in [-0.25, -0.2) is 0 Å². The minimum Gasteiger partial charge on any atom is -0.311 e. The standard InChI is InChI=1S/C15H16N4/c1-4-13-6-2-7-17-15(13)14(5-1)12-16-9-11-19-10-3-8-18-19/h1-8,10,16H,9,11-12H2. The molecular formula is C15H16N4. The molecule has 3 rings (SSSR count). The van der Waals surface area contributed by atoms with E-state index in [0.717, 1.165) is 25.2 Å². The van der Waals surface area contributed by atoms with Gasteiger partial charge in [0, 0.05) is 37.1 Å². The molecule has 0 amide bonds. The highest BCUT2D eigenvalue weighted by Crippen LogP contribution is 2.15. The Morgan fingerprint density at radius 1 is 1.05 bits per heavy atom. The predicted octanol–water partition coefficient (Wildman–Crippen LogP) is 2.22. The number of benzene rings is 1. The van der Waals surface area contributed by atoms with Gasteiger partial charge in [-0.3, -0.25) is 9.67 Å². The molecule has 0 saturated heterocycles. The summed E-state index contributed by atoms with van der Waals surface area (Å²) >= 11 is 0. The zero-order chi connectivity index (χ0) is 12.9. The van der Waals surface area contributed by atoms with Crippen molar-refractivity contribution in [3.63, 3.8) is 0 Å². The molecule has 0 bridgehead atoms. The van der Waals surface area contributed by atoms with Gasteiger partial charge < -0.3 is 5.32 Å². The van der Waals surface area contributed by atoms with Gasteiger partial charge in [0.25, 0.3) is 0 Å².